The first-order chi connectivity index (χ1) is 13.5. The summed E-state index contributed by atoms with van der Waals surface area (Å²) < 4.78 is 19.4. The molecule has 0 radical (unpaired) electrons. The van der Waals surface area contributed by atoms with Crippen LogP contribution < -0.4 is 21.1 Å². The molecule has 4 N–H and O–H groups in total. The summed E-state index contributed by atoms with van der Waals surface area (Å²) in [5.41, 5.74) is 6.83. The minimum Gasteiger partial charge on any atom is -0.494 e. The van der Waals surface area contributed by atoms with Gasteiger partial charge in [0, 0.05) is 5.69 Å². The number of carbonyl (C=O) groups is 1. The number of primary amides is 1. The predicted octanol–water partition coefficient (Wildman–Crippen LogP) is 3.08. The third-order valence-electron chi connectivity index (χ3n) is 3.73. The normalized spacial score (nSPS) is 10.0. The number of hydrogen-bond donors (Lipinski definition) is 3. The molecule has 0 aliphatic carbocycles. The summed E-state index contributed by atoms with van der Waals surface area (Å²) in [7, 11) is 1.37. The molecule has 0 unspecified atom stereocenters. The van der Waals surface area contributed by atoms with Crippen molar-refractivity contribution >= 4 is 29.0 Å². The zero-order valence-electron chi connectivity index (χ0n) is 14.7. The molecule has 1 heterocycles. The number of benzene rings is 2. The number of aromatic nitrogens is 2. The molecule has 1 aromatic heterocycles. The number of anilines is 4. The molecule has 0 fully saturated rings. The monoisotopic (exact) mass is 378 g/mol. The van der Waals surface area contributed by atoms with E-state index >= 15 is 0 Å². The van der Waals surface area contributed by atoms with Crippen molar-refractivity contribution in [2.75, 3.05) is 17.7 Å². The van der Waals surface area contributed by atoms with Gasteiger partial charge in [0.2, 0.25) is 5.95 Å². The Kier molecular flexibility index (Phi) is 5.32. The van der Waals surface area contributed by atoms with Crippen LogP contribution in [0.25, 0.3) is 0 Å². The number of nitrogens with two attached hydrogens (primary N) is 1. The van der Waals surface area contributed by atoms with Crippen LogP contribution in [-0.2, 0) is 0 Å². The molecule has 0 bridgehead atoms. The summed E-state index contributed by atoms with van der Waals surface area (Å²) in [6.07, 6.45) is 0.996. The smallest absolute Gasteiger partial charge is 0.252 e. The molecule has 28 heavy (non-hydrogen) atoms. The quantitative estimate of drug-likeness (QED) is 0.602. The molecule has 0 saturated heterocycles. The number of nitriles is 1. The summed E-state index contributed by atoms with van der Waals surface area (Å²) in [6.45, 7) is 0. The molecule has 0 aliphatic rings. The fourth-order valence-electron chi connectivity index (χ4n) is 2.49. The first-order valence-electron chi connectivity index (χ1n) is 8.05. The number of amides is 1. The first-order valence-corrected chi connectivity index (χ1v) is 8.05. The van der Waals surface area contributed by atoms with Gasteiger partial charge in [0.15, 0.2) is 17.4 Å². The van der Waals surface area contributed by atoms with Crippen LogP contribution in [0.15, 0.2) is 48.7 Å². The lowest BCUT2D eigenvalue weighted by Crippen LogP contribution is -2.13. The summed E-state index contributed by atoms with van der Waals surface area (Å²) in [4.78, 5) is 19.5. The highest BCUT2D eigenvalue weighted by Gasteiger charge is 2.16. The molecule has 140 valence electrons. The zero-order valence-corrected chi connectivity index (χ0v) is 14.7. The van der Waals surface area contributed by atoms with E-state index in [2.05, 4.69) is 20.6 Å². The number of rotatable bonds is 6. The van der Waals surface area contributed by atoms with Crippen LogP contribution >= 0.6 is 0 Å². The van der Waals surface area contributed by atoms with E-state index in [9.17, 15) is 9.18 Å². The second kappa shape index (κ2) is 8.01. The van der Waals surface area contributed by atoms with E-state index in [-0.39, 0.29) is 23.1 Å². The summed E-state index contributed by atoms with van der Waals surface area (Å²) >= 11 is 0. The number of hydrogen-bond acceptors (Lipinski definition) is 7. The van der Waals surface area contributed by atoms with Gasteiger partial charge in [-0.2, -0.15) is 10.2 Å². The number of nitrogens with one attached hydrogen (secondary N) is 2. The molecular formula is C19H15FN6O2. The molecule has 9 heteroatoms. The van der Waals surface area contributed by atoms with Crippen LogP contribution in [0.4, 0.5) is 27.5 Å². The second-order valence-corrected chi connectivity index (χ2v) is 5.58. The van der Waals surface area contributed by atoms with Crippen LogP contribution in [0, 0.1) is 17.1 Å². The van der Waals surface area contributed by atoms with Gasteiger partial charge in [0.25, 0.3) is 5.91 Å². The third kappa shape index (κ3) is 3.96. The Morgan fingerprint density at radius 1 is 1.25 bits per heavy atom. The topological polar surface area (TPSA) is 126 Å². The lowest BCUT2D eigenvalue weighted by molar-refractivity contribution is 0.0997. The van der Waals surface area contributed by atoms with Gasteiger partial charge in [-0.1, -0.05) is 12.1 Å². The lowest BCUT2D eigenvalue weighted by Gasteiger charge is -2.14. The highest BCUT2D eigenvalue weighted by Crippen LogP contribution is 2.31. The molecule has 8 nitrogen and oxygen atoms in total. The van der Waals surface area contributed by atoms with Crippen molar-refractivity contribution in [2.45, 2.75) is 0 Å². The Morgan fingerprint density at radius 3 is 2.75 bits per heavy atom. The van der Waals surface area contributed by atoms with Crippen molar-refractivity contribution in [3.05, 3.63) is 65.6 Å². The lowest BCUT2D eigenvalue weighted by atomic mass is 10.1. The van der Waals surface area contributed by atoms with Gasteiger partial charge in [-0.25, -0.2) is 9.37 Å². The van der Waals surface area contributed by atoms with Crippen molar-refractivity contribution in [1.82, 2.24) is 9.97 Å². The van der Waals surface area contributed by atoms with E-state index in [1.54, 1.807) is 36.4 Å². The van der Waals surface area contributed by atoms with Crippen molar-refractivity contribution in [2.24, 2.45) is 5.73 Å². The van der Waals surface area contributed by atoms with Gasteiger partial charge in [-0.15, -0.1) is 0 Å². The number of carbonyl (C=O) groups excluding carboxylic acids is 1. The molecular weight excluding hydrogens is 363 g/mol. The SMILES string of the molecule is COc1c(Nc2nc(Nc3cccc(C#N)c3)ncc2F)cccc1C(N)=O. The maximum Gasteiger partial charge on any atom is 0.252 e. The van der Waals surface area contributed by atoms with E-state index in [0.29, 0.717) is 16.9 Å². The van der Waals surface area contributed by atoms with E-state index in [1.165, 1.54) is 13.2 Å². The van der Waals surface area contributed by atoms with Crippen LogP contribution in [0.3, 0.4) is 0 Å². The average Bonchev–Trinajstić information content (AvgIpc) is 2.70. The molecule has 3 rings (SSSR count). The standard InChI is InChI=1S/C19H15FN6O2/c1-28-16-13(17(22)27)6-3-7-15(16)25-18-14(20)10-23-19(26-18)24-12-5-2-4-11(8-12)9-21/h2-8,10H,1H3,(H2,22,27)(H2,23,24,25,26). The Balaban J connectivity index is 1.92. The van der Waals surface area contributed by atoms with Gasteiger partial charge in [-0.05, 0) is 30.3 Å². The highest BCUT2D eigenvalue weighted by molar-refractivity contribution is 5.98. The van der Waals surface area contributed by atoms with Crippen molar-refractivity contribution in [3.63, 3.8) is 0 Å². The fraction of sp³-hybridized carbons (Fsp3) is 0.0526. The Morgan fingerprint density at radius 2 is 2.04 bits per heavy atom. The van der Waals surface area contributed by atoms with Gasteiger partial charge in [-0.3, -0.25) is 4.79 Å². The number of methoxy groups -OCH3 is 1. The number of para-hydroxylation sites is 1. The Hall–Kier alpha value is -4.19. The molecule has 0 aliphatic heterocycles. The van der Waals surface area contributed by atoms with Crippen molar-refractivity contribution in [1.29, 1.82) is 5.26 Å². The predicted molar refractivity (Wildman–Crippen MR) is 101 cm³/mol. The molecule has 0 saturated carbocycles. The first kappa shape index (κ1) is 18.6. The van der Waals surface area contributed by atoms with Gasteiger partial charge >= 0.3 is 0 Å². The average molecular weight is 378 g/mol. The van der Waals surface area contributed by atoms with Crippen molar-refractivity contribution < 1.29 is 13.9 Å². The molecule has 0 atom stereocenters. The maximum absolute atomic E-state index is 14.2. The minimum atomic E-state index is -0.706. The number of ether oxygens (including phenoxy) is 1. The Labute approximate surface area is 159 Å². The van der Waals surface area contributed by atoms with Crippen LogP contribution in [0.1, 0.15) is 15.9 Å². The van der Waals surface area contributed by atoms with Gasteiger partial charge < -0.3 is 21.1 Å². The van der Waals surface area contributed by atoms with Gasteiger partial charge in [0.1, 0.15) is 0 Å². The van der Waals surface area contributed by atoms with E-state index < -0.39 is 11.7 Å². The van der Waals surface area contributed by atoms with E-state index in [0.717, 1.165) is 6.20 Å². The molecule has 2 aromatic carbocycles. The van der Waals surface area contributed by atoms with E-state index in [4.69, 9.17) is 15.7 Å². The number of halogens is 1. The number of nitrogens with zero attached hydrogens (tertiary/aromatic N) is 3. The largest absolute Gasteiger partial charge is 0.494 e. The van der Waals surface area contributed by atoms with Crippen molar-refractivity contribution in [3.8, 4) is 11.8 Å². The van der Waals surface area contributed by atoms with Crippen LogP contribution in [0.5, 0.6) is 5.75 Å². The third-order valence-corrected chi connectivity index (χ3v) is 3.73. The second-order valence-electron chi connectivity index (χ2n) is 5.58. The summed E-state index contributed by atoms with van der Waals surface area (Å²) in [5, 5.41) is 14.7. The summed E-state index contributed by atoms with van der Waals surface area (Å²) in [6, 6.07) is 13.4. The van der Waals surface area contributed by atoms with Gasteiger partial charge in [0.05, 0.1) is 36.2 Å². The van der Waals surface area contributed by atoms with E-state index in [1.807, 2.05) is 6.07 Å². The fourth-order valence-corrected chi connectivity index (χ4v) is 2.49. The Bertz CT molecular complexity index is 1080. The minimum absolute atomic E-state index is 0.115. The summed E-state index contributed by atoms with van der Waals surface area (Å²) in [5.74, 6) is -1.23. The maximum atomic E-state index is 14.2. The zero-order chi connectivity index (χ0) is 20.1. The highest BCUT2D eigenvalue weighted by atomic mass is 19.1. The molecule has 0 spiro atoms. The molecule has 3 aromatic rings. The van der Waals surface area contributed by atoms with Crippen LogP contribution in [-0.4, -0.2) is 23.0 Å². The van der Waals surface area contributed by atoms with Crippen LogP contribution in [0.2, 0.25) is 0 Å². The molecule has 1 amide bonds.